The zero-order valence-corrected chi connectivity index (χ0v) is 17.0. The number of aliphatic hydroxyl groups excluding tert-OH is 2. The minimum absolute atomic E-state index is 0.00624. The van der Waals surface area contributed by atoms with E-state index < -0.39 is 63.1 Å². The van der Waals surface area contributed by atoms with Crippen LogP contribution in [0.5, 0.6) is 0 Å². The Morgan fingerprint density at radius 1 is 1.04 bits per heavy atom. The van der Waals surface area contributed by atoms with Crippen molar-refractivity contribution in [2.24, 2.45) is 0 Å². The van der Waals surface area contributed by atoms with E-state index in [0.717, 1.165) is 0 Å². The van der Waals surface area contributed by atoms with Crippen LogP contribution in [0.4, 0.5) is 0 Å². The maximum atomic E-state index is 12.4. The second-order valence-electron chi connectivity index (χ2n) is 6.90. The molecule has 0 amide bonds. The standard InChI is InChI=1S/C15H27B2O10P/c1-4-22-12-9(26-14(16)10(12)18)6-24-28(20,21)27-13-8(5-23-7(2)3)25-15(17)11(13)19/h7-15,18-19H,4-6H2,1-3H3,(H,20,21)/t8-,9-,10?,11?,12+,13+,14-,15-/m1/s1. The summed E-state index contributed by atoms with van der Waals surface area (Å²) in [5.74, 6) is 0. The van der Waals surface area contributed by atoms with Gasteiger partial charge in [0.1, 0.15) is 52.3 Å². The molecule has 158 valence electrons. The highest BCUT2D eigenvalue weighted by molar-refractivity contribution is 7.47. The Hall–Kier alpha value is -0.000130. The number of phosphoric acid groups is 1. The highest BCUT2D eigenvalue weighted by Gasteiger charge is 2.47. The molecule has 0 saturated carbocycles. The van der Waals surface area contributed by atoms with Crippen molar-refractivity contribution in [3.8, 4) is 0 Å². The average Bonchev–Trinajstić information content (AvgIpc) is 3.03. The van der Waals surface area contributed by atoms with E-state index in [1.54, 1.807) is 20.8 Å². The topological polar surface area (TPSA) is 133 Å². The van der Waals surface area contributed by atoms with Gasteiger partial charge in [0.25, 0.3) is 0 Å². The monoisotopic (exact) mass is 420 g/mol. The predicted octanol–water partition coefficient (Wildman–Crippen LogP) is -1.17. The maximum Gasteiger partial charge on any atom is 0.472 e. The Bertz CT molecular complexity index is 541. The number of hydrogen-bond donors (Lipinski definition) is 3. The van der Waals surface area contributed by atoms with Gasteiger partial charge in [-0.25, -0.2) is 4.57 Å². The third kappa shape index (κ3) is 6.25. The van der Waals surface area contributed by atoms with E-state index >= 15 is 0 Å². The highest BCUT2D eigenvalue weighted by Crippen LogP contribution is 2.47. The van der Waals surface area contributed by atoms with Gasteiger partial charge in [-0.1, -0.05) is 0 Å². The Morgan fingerprint density at radius 3 is 2.11 bits per heavy atom. The van der Waals surface area contributed by atoms with Crippen molar-refractivity contribution in [3.63, 3.8) is 0 Å². The Balaban J connectivity index is 1.95. The predicted molar refractivity (Wildman–Crippen MR) is 98.0 cm³/mol. The van der Waals surface area contributed by atoms with Crippen LogP contribution >= 0.6 is 7.82 Å². The summed E-state index contributed by atoms with van der Waals surface area (Å²) in [5, 5.41) is 20.1. The van der Waals surface area contributed by atoms with E-state index in [9.17, 15) is 19.7 Å². The molecule has 0 bridgehead atoms. The zero-order chi connectivity index (χ0) is 21.1. The van der Waals surface area contributed by atoms with Crippen LogP contribution in [0.15, 0.2) is 0 Å². The second-order valence-corrected chi connectivity index (χ2v) is 8.30. The number of phosphoric ester groups is 1. The third-order valence-corrected chi connectivity index (χ3v) is 5.34. The summed E-state index contributed by atoms with van der Waals surface area (Å²) in [5.41, 5.74) is 0. The molecule has 2 rings (SSSR count). The third-order valence-electron chi connectivity index (χ3n) is 4.35. The van der Waals surface area contributed by atoms with Crippen LogP contribution in [0.1, 0.15) is 20.8 Å². The molecule has 3 N–H and O–H groups in total. The summed E-state index contributed by atoms with van der Waals surface area (Å²) in [7, 11) is 6.63. The fourth-order valence-corrected chi connectivity index (χ4v) is 3.93. The normalized spacial score (nSPS) is 40.8. The lowest BCUT2D eigenvalue weighted by Crippen LogP contribution is -2.38. The lowest BCUT2D eigenvalue weighted by Gasteiger charge is -2.25. The van der Waals surface area contributed by atoms with Gasteiger partial charge >= 0.3 is 7.82 Å². The molecule has 0 aliphatic carbocycles. The van der Waals surface area contributed by atoms with Crippen LogP contribution in [-0.2, 0) is 32.6 Å². The smallest absolute Gasteiger partial charge is 0.388 e. The molecule has 2 aliphatic heterocycles. The van der Waals surface area contributed by atoms with E-state index in [1.807, 2.05) is 0 Å². The quantitative estimate of drug-likeness (QED) is 0.293. The van der Waals surface area contributed by atoms with Crippen molar-refractivity contribution < 1.29 is 47.7 Å². The molecule has 2 heterocycles. The molecule has 0 aromatic rings. The van der Waals surface area contributed by atoms with E-state index in [2.05, 4.69) is 0 Å². The highest BCUT2D eigenvalue weighted by atomic mass is 31.2. The molecule has 3 unspecified atom stereocenters. The van der Waals surface area contributed by atoms with Crippen LogP contribution in [0, 0.1) is 0 Å². The Kier molecular flexibility index (Phi) is 8.97. The molecule has 4 radical (unpaired) electrons. The fraction of sp³-hybridized carbons (Fsp3) is 1.00. The van der Waals surface area contributed by atoms with Gasteiger partial charge in [0.15, 0.2) is 0 Å². The first-order valence-corrected chi connectivity index (χ1v) is 10.6. The summed E-state index contributed by atoms with van der Waals surface area (Å²) in [6.07, 6.45) is -6.36. The summed E-state index contributed by atoms with van der Waals surface area (Å²) in [6, 6.07) is -2.11. The van der Waals surface area contributed by atoms with Gasteiger partial charge in [0, 0.05) is 18.6 Å². The SMILES string of the molecule is [B][C@@H]1O[C@H](COP(=O)(O)O[C@@H]2C(O)[C@H]([B])O[C@@H]2COC(C)C)[C@H](OCC)C1O. The average molecular weight is 420 g/mol. The molecule has 10 nitrogen and oxygen atoms in total. The molecule has 9 atom stereocenters. The van der Waals surface area contributed by atoms with Crippen molar-refractivity contribution in [1.82, 2.24) is 0 Å². The van der Waals surface area contributed by atoms with Gasteiger partial charge in [-0.05, 0) is 20.8 Å². The van der Waals surface area contributed by atoms with E-state index in [1.165, 1.54) is 0 Å². The number of aliphatic hydroxyl groups is 2. The number of ether oxygens (including phenoxy) is 4. The maximum absolute atomic E-state index is 12.4. The van der Waals surface area contributed by atoms with Gasteiger partial charge in [0.2, 0.25) is 0 Å². The van der Waals surface area contributed by atoms with Gasteiger partial charge in [-0.2, -0.15) is 0 Å². The van der Waals surface area contributed by atoms with Crippen molar-refractivity contribution in [2.45, 2.75) is 75.5 Å². The lowest BCUT2D eigenvalue weighted by atomic mass is 9.93. The summed E-state index contributed by atoms with van der Waals surface area (Å²) >= 11 is 0. The molecule has 13 heteroatoms. The van der Waals surface area contributed by atoms with Crippen LogP contribution in [0.2, 0.25) is 0 Å². The molecule has 2 aliphatic rings. The molecule has 0 aromatic heterocycles. The van der Waals surface area contributed by atoms with Gasteiger partial charge in [-0.15, -0.1) is 0 Å². The Labute approximate surface area is 167 Å². The number of rotatable bonds is 10. The number of hydrogen-bond acceptors (Lipinski definition) is 9. The van der Waals surface area contributed by atoms with Gasteiger partial charge < -0.3 is 34.1 Å². The first-order chi connectivity index (χ1) is 13.1. The van der Waals surface area contributed by atoms with Gasteiger partial charge in [-0.3, -0.25) is 9.05 Å². The molecule has 28 heavy (non-hydrogen) atoms. The van der Waals surface area contributed by atoms with Crippen molar-refractivity contribution in [2.75, 3.05) is 19.8 Å². The minimum atomic E-state index is -4.64. The summed E-state index contributed by atoms with van der Waals surface area (Å²) in [4.78, 5) is 10.1. The van der Waals surface area contributed by atoms with Crippen LogP contribution in [0.3, 0.4) is 0 Å². The van der Waals surface area contributed by atoms with E-state index in [4.69, 9.17) is 43.7 Å². The van der Waals surface area contributed by atoms with Crippen molar-refractivity contribution in [3.05, 3.63) is 0 Å². The minimum Gasteiger partial charge on any atom is -0.388 e. The molecular formula is C15H27B2O10P. The Morgan fingerprint density at radius 2 is 1.57 bits per heavy atom. The lowest BCUT2D eigenvalue weighted by molar-refractivity contribution is -0.0619. The molecular weight excluding hydrogens is 393 g/mol. The van der Waals surface area contributed by atoms with Crippen LogP contribution < -0.4 is 0 Å². The first kappa shape index (κ1) is 24.3. The zero-order valence-electron chi connectivity index (χ0n) is 16.1. The van der Waals surface area contributed by atoms with Crippen LogP contribution in [-0.4, -0.2) is 105 Å². The van der Waals surface area contributed by atoms with Crippen molar-refractivity contribution >= 4 is 23.5 Å². The molecule has 2 saturated heterocycles. The van der Waals surface area contributed by atoms with E-state index in [-0.39, 0.29) is 19.3 Å². The molecule has 0 aromatic carbocycles. The van der Waals surface area contributed by atoms with Crippen molar-refractivity contribution in [1.29, 1.82) is 0 Å². The summed E-state index contributed by atoms with van der Waals surface area (Å²) < 4.78 is 43.8. The second kappa shape index (κ2) is 10.3. The molecule has 2 fully saturated rings. The summed E-state index contributed by atoms with van der Waals surface area (Å²) in [6.45, 7) is 5.19. The molecule has 0 spiro atoms. The largest absolute Gasteiger partial charge is 0.472 e. The first-order valence-electron chi connectivity index (χ1n) is 9.13. The van der Waals surface area contributed by atoms with Gasteiger partial charge in [0.05, 0.1) is 19.3 Å². The van der Waals surface area contributed by atoms with Crippen LogP contribution in [0.25, 0.3) is 0 Å². The van der Waals surface area contributed by atoms with E-state index in [0.29, 0.717) is 0 Å². The fourth-order valence-electron chi connectivity index (χ4n) is 2.97.